The number of thiazole rings is 1. The van der Waals surface area contributed by atoms with Crippen LogP contribution >= 0.6 is 11.3 Å². The highest BCUT2D eigenvalue weighted by Gasteiger charge is 2.23. The normalized spacial score (nSPS) is 11.4. The Morgan fingerprint density at radius 1 is 1.35 bits per heavy atom. The van der Waals surface area contributed by atoms with E-state index in [-0.39, 0.29) is 11.0 Å². The van der Waals surface area contributed by atoms with Crippen LogP contribution in [-0.2, 0) is 5.41 Å². The topological polar surface area (TPSA) is 68.0 Å². The summed E-state index contributed by atoms with van der Waals surface area (Å²) in [6, 6.07) is 5.80. The summed E-state index contributed by atoms with van der Waals surface area (Å²) in [5, 5.41) is 3.51. The van der Waals surface area contributed by atoms with E-state index in [2.05, 4.69) is 10.3 Å². The number of nitrogens with one attached hydrogen (secondary N) is 1. The van der Waals surface area contributed by atoms with Crippen LogP contribution in [0.25, 0.3) is 0 Å². The first kappa shape index (κ1) is 14.5. The van der Waals surface area contributed by atoms with E-state index in [0.29, 0.717) is 10.1 Å². The van der Waals surface area contributed by atoms with Gasteiger partial charge in [-0.25, -0.2) is 9.37 Å². The van der Waals surface area contributed by atoms with E-state index in [1.54, 1.807) is 6.07 Å². The molecule has 0 saturated heterocycles. The number of nitrogens with zero attached hydrogens (tertiary/aromatic N) is 1. The van der Waals surface area contributed by atoms with Crippen molar-refractivity contribution in [2.45, 2.75) is 26.2 Å². The lowest BCUT2D eigenvalue weighted by Crippen LogP contribution is -2.15. The van der Waals surface area contributed by atoms with Gasteiger partial charge in [-0.2, -0.15) is 0 Å². The predicted molar refractivity (Wildman–Crippen MR) is 79.6 cm³/mol. The zero-order valence-corrected chi connectivity index (χ0v) is 12.3. The van der Waals surface area contributed by atoms with Gasteiger partial charge < -0.3 is 5.73 Å². The molecule has 6 heteroatoms. The van der Waals surface area contributed by atoms with E-state index in [1.165, 1.54) is 29.5 Å². The molecule has 2 rings (SSSR count). The molecular weight excluding hydrogens is 277 g/mol. The van der Waals surface area contributed by atoms with Gasteiger partial charge in [0.2, 0.25) is 0 Å². The van der Waals surface area contributed by atoms with Crippen molar-refractivity contribution in [3.8, 4) is 0 Å². The molecule has 0 saturated carbocycles. The number of rotatable bonds is 2. The maximum absolute atomic E-state index is 13.5. The van der Waals surface area contributed by atoms with Gasteiger partial charge in [-0.05, 0) is 12.1 Å². The monoisotopic (exact) mass is 293 g/mol. The van der Waals surface area contributed by atoms with E-state index in [0.717, 1.165) is 5.69 Å². The predicted octanol–water partition coefficient (Wildman–Crippen LogP) is 3.41. The summed E-state index contributed by atoms with van der Waals surface area (Å²) in [5.41, 5.74) is 6.41. The second-order valence-electron chi connectivity index (χ2n) is 5.42. The van der Waals surface area contributed by atoms with Crippen LogP contribution in [-0.4, -0.2) is 10.9 Å². The SMILES string of the molecule is CC(C)(C)c1nc(NC(=O)c2ccccc2F)sc1N. The molecule has 0 atom stereocenters. The van der Waals surface area contributed by atoms with Gasteiger partial charge in [-0.15, -0.1) is 0 Å². The summed E-state index contributed by atoms with van der Waals surface area (Å²) in [5.74, 6) is -1.09. The molecular formula is C14H16FN3OS. The fraction of sp³-hybridized carbons (Fsp3) is 0.286. The molecule has 0 bridgehead atoms. The van der Waals surface area contributed by atoms with E-state index in [4.69, 9.17) is 5.73 Å². The Hall–Kier alpha value is -1.95. The van der Waals surface area contributed by atoms with Crippen molar-refractivity contribution >= 4 is 27.4 Å². The average Bonchev–Trinajstić information content (AvgIpc) is 2.70. The van der Waals surface area contributed by atoms with Crippen molar-refractivity contribution in [2.75, 3.05) is 11.1 Å². The van der Waals surface area contributed by atoms with Crippen LogP contribution in [0, 0.1) is 5.82 Å². The zero-order chi connectivity index (χ0) is 14.9. The molecule has 0 fully saturated rings. The van der Waals surface area contributed by atoms with Crippen LogP contribution in [0.2, 0.25) is 0 Å². The van der Waals surface area contributed by atoms with Crippen molar-refractivity contribution < 1.29 is 9.18 Å². The second kappa shape index (κ2) is 5.20. The standard InChI is InChI=1S/C14H16FN3OS/c1-14(2,3)10-11(16)20-13(17-10)18-12(19)8-6-4-5-7-9(8)15/h4-7H,16H2,1-3H3,(H,17,18,19). The van der Waals surface area contributed by atoms with Gasteiger partial charge in [0.05, 0.1) is 11.3 Å². The first-order chi connectivity index (χ1) is 9.29. The average molecular weight is 293 g/mol. The number of hydrogen-bond acceptors (Lipinski definition) is 4. The Kier molecular flexibility index (Phi) is 3.76. The Morgan fingerprint density at radius 2 is 2.00 bits per heavy atom. The number of nitrogens with two attached hydrogens (primary N) is 1. The minimum absolute atomic E-state index is 0.0152. The molecule has 20 heavy (non-hydrogen) atoms. The molecule has 1 aromatic carbocycles. The van der Waals surface area contributed by atoms with E-state index in [1.807, 2.05) is 20.8 Å². The highest BCUT2D eigenvalue weighted by Crippen LogP contribution is 2.34. The van der Waals surface area contributed by atoms with Gasteiger partial charge in [0.15, 0.2) is 5.13 Å². The molecule has 0 aliphatic heterocycles. The van der Waals surface area contributed by atoms with Crippen molar-refractivity contribution in [3.63, 3.8) is 0 Å². The minimum atomic E-state index is -0.564. The van der Waals surface area contributed by atoms with Crippen molar-refractivity contribution in [1.29, 1.82) is 0 Å². The van der Waals surface area contributed by atoms with Gasteiger partial charge in [-0.3, -0.25) is 10.1 Å². The number of amides is 1. The molecule has 0 aliphatic carbocycles. The number of carbonyl (C=O) groups excluding carboxylic acids is 1. The number of aromatic nitrogens is 1. The summed E-state index contributed by atoms with van der Waals surface area (Å²) in [7, 11) is 0. The number of carbonyl (C=O) groups is 1. The zero-order valence-electron chi connectivity index (χ0n) is 11.5. The lowest BCUT2D eigenvalue weighted by Gasteiger charge is -2.15. The first-order valence-corrected chi connectivity index (χ1v) is 6.93. The van der Waals surface area contributed by atoms with Crippen LogP contribution in [0.1, 0.15) is 36.8 Å². The van der Waals surface area contributed by atoms with Crippen LogP contribution in [0.5, 0.6) is 0 Å². The molecule has 0 unspecified atom stereocenters. The van der Waals surface area contributed by atoms with E-state index in [9.17, 15) is 9.18 Å². The van der Waals surface area contributed by atoms with Gasteiger partial charge in [-0.1, -0.05) is 44.2 Å². The lowest BCUT2D eigenvalue weighted by molar-refractivity contribution is 0.102. The first-order valence-electron chi connectivity index (χ1n) is 6.11. The van der Waals surface area contributed by atoms with Crippen molar-refractivity contribution in [2.24, 2.45) is 0 Å². The molecule has 1 heterocycles. The molecule has 1 amide bonds. The summed E-state index contributed by atoms with van der Waals surface area (Å²) >= 11 is 1.18. The molecule has 1 aromatic heterocycles. The van der Waals surface area contributed by atoms with Crippen LogP contribution in [0.15, 0.2) is 24.3 Å². The summed E-state index contributed by atoms with van der Waals surface area (Å²) in [6.07, 6.45) is 0. The Balaban J connectivity index is 2.23. The van der Waals surface area contributed by atoms with Crippen LogP contribution < -0.4 is 11.1 Å². The number of anilines is 2. The molecule has 106 valence electrons. The fourth-order valence-electron chi connectivity index (χ4n) is 1.73. The number of nitrogen functional groups attached to an aromatic ring is 1. The third-order valence-corrected chi connectivity index (χ3v) is 3.50. The summed E-state index contributed by atoms with van der Waals surface area (Å²) in [6.45, 7) is 5.96. The van der Waals surface area contributed by atoms with Gasteiger partial charge in [0.1, 0.15) is 10.8 Å². The molecule has 0 spiro atoms. The molecule has 4 nitrogen and oxygen atoms in total. The maximum Gasteiger partial charge on any atom is 0.260 e. The maximum atomic E-state index is 13.5. The number of benzene rings is 1. The fourth-order valence-corrected chi connectivity index (χ4v) is 2.67. The largest absolute Gasteiger partial charge is 0.389 e. The Bertz CT molecular complexity index is 646. The summed E-state index contributed by atoms with van der Waals surface area (Å²) in [4.78, 5) is 16.3. The molecule has 2 aromatic rings. The van der Waals surface area contributed by atoms with Crippen LogP contribution in [0.4, 0.5) is 14.5 Å². The smallest absolute Gasteiger partial charge is 0.260 e. The third-order valence-electron chi connectivity index (χ3n) is 2.70. The molecule has 0 aliphatic rings. The van der Waals surface area contributed by atoms with E-state index >= 15 is 0 Å². The molecule has 3 N–H and O–H groups in total. The quantitative estimate of drug-likeness (QED) is 0.891. The lowest BCUT2D eigenvalue weighted by atomic mass is 9.93. The van der Waals surface area contributed by atoms with Gasteiger partial charge in [0, 0.05) is 5.41 Å². The van der Waals surface area contributed by atoms with Gasteiger partial charge in [0.25, 0.3) is 5.91 Å². The summed E-state index contributed by atoms with van der Waals surface area (Å²) < 4.78 is 13.5. The Morgan fingerprint density at radius 3 is 2.55 bits per heavy atom. The highest BCUT2D eigenvalue weighted by molar-refractivity contribution is 7.19. The van der Waals surface area contributed by atoms with Gasteiger partial charge >= 0.3 is 0 Å². The Labute approximate surface area is 120 Å². The highest BCUT2D eigenvalue weighted by atomic mass is 32.1. The van der Waals surface area contributed by atoms with Crippen LogP contribution in [0.3, 0.4) is 0 Å². The van der Waals surface area contributed by atoms with Crippen molar-refractivity contribution in [1.82, 2.24) is 4.98 Å². The van der Waals surface area contributed by atoms with Crippen molar-refractivity contribution in [3.05, 3.63) is 41.3 Å². The van der Waals surface area contributed by atoms with E-state index < -0.39 is 11.7 Å². The number of hydrogen-bond donors (Lipinski definition) is 2. The number of halogens is 1. The third kappa shape index (κ3) is 2.96. The second-order valence-corrected chi connectivity index (χ2v) is 6.45. The molecule has 0 radical (unpaired) electrons. The minimum Gasteiger partial charge on any atom is -0.389 e.